The van der Waals surface area contributed by atoms with Crippen LogP contribution in [0.1, 0.15) is 57.4 Å². The molecular weight excluding hydrogens is 408 g/mol. The van der Waals surface area contributed by atoms with Gasteiger partial charge in [-0.05, 0) is 79.6 Å². The number of nitrogens with one attached hydrogen (secondary N) is 1. The number of hydrogen-bond acceptors (Lipinski definition) is 3. The van der Waals surface area contributed by atoms with Crippen molar-refractivity contribution in [3.05, 3.63) is 75.7 Å². The minimum Gasteiger partial charge on any atom is -0.489 e. The van der Waals surface area contributed by atoms with Crippen LogP contribution in [0.5, 0.6) is 5.75 Å². The molecule has 1 aliphatic rings. The molecule has 4 rings (SSSR count). The molecule has 4 nitrogen and oxygen atoms in total. The third-order valence-electron chi connectivity index (χ3n) is 5.81. The van der Waals surface area contributed by atoms with E-state index in [9.17, 15) is 4.79 Å². The second-order valence-electron chi connectivity index (χ2n) is 8.65. The number of rotatable bonds is 5. The van der Waals surface area contributed by atoms with Gasteiger partial charge in [0.1, 0.15) is 5.75 Å². The number of ether oxygens (including phenoxy) is 1. The maximum atomic E-state index is 11.8. The zero-order valence-electron chi connectivity index (χ0n) is 18.4. The van der Waals surface area contributed by atoms with Crippen LogP contribution in [0, 0.1) is 5.92 Å². The van der Waals surface area contributed by atoms with Crippen LogP contribution in [-0.2, 0) is 0 Å². The Morgan fingerprint density at radius 3 is 2.42 bits per heavy atom. The van der Waals surface area contributed by atoms with Gasteiger partial charge in [0.2, 0.25) is 0 Å². The first-order chi connectivity index (χ1) is 15.0. The Morgan fingerprint density at radius 2 is 1.81 bits per heavy atom. The minimum atomic E-state index is -0.130. The Morgan fingerprint density at radius 1 is 1.10 bits per heavy atom. The smallest absolute Gasteiger partial charge is 0.255 e. The van der Waals surface area contributed by atoms with Crippen molar-refractivity contribution >= 4 is 22.4 Å². The number of fused-ring (bicyclic) bond motifs is 1. The maximum absolute atomic E-state index is 11.8. The molecule has 0 unspecified atom stereocenters. The van der Waals surface area contributed by atoms with E-state index in [1.165, 1.54) is 5.56 Å². The molecule has 1 heterocycles. The molecule has 0 bridgehead atoms. The number of halogens is 1. The number of pyridine rings is 1. The van der Waals surface area contributed by atoms with Crippen molar-refractivity contribution in [2.45, 2.75) is 58.0 Å². The average molecular weight is 441 g/mol. The van der Waals surface area contributed by atoms with Crippen LogP contribution in [0.15, 0.2) is 59.5 Å². The molecule has 166 valence electrons. The van der Waals surface area contributed by atoms with Crippen LogP contribution in [0.4, 0.5) is 0 Å². The standard InChI is InChI=1S/C21H20ClNO2.C5H13N/c22-19-13-18-16(10-11-23-21(18)24)12-20(19)25-17-8-6-15(7-9-17)14-4-2-1-3-5-14;1-5(2)3-4-6/h1-5,10-13,15,17H,6-9H2,(H,23,24);5H,3-4,6H2,1-2H3. The molecule has 5 heteroatoms. The number of nitrogens with two attached hydrogens (primary N) is 1. The van der Waals surface area contributed by atoms with Crippen molar-refractivity contribution in [2.75, 3.05) is 6.54 Å². The van der Waals surface area contributed by atoms with Crippen LogP contribution in [-0.4, -0.2) is 17.6 Å². The van der Waals surface area contributed by atoms with Crippen LogP contribution >= 0.6 is 11.6 Å². The average Bonchev–Trinajstić information content (AvgIpc) is 2.77. The van der Waals surface area contributed by atoms with Gasteiger partial charge in [-0.25, -0.2) is 0 Å². The second kappa shape index (κ2) is 11.4. The van der Waals surface area contributed by atoms with Crippen LogP contribution < -0.4 is 16.0 Å². The summed E-state index contributed by atoms with van der Waals surface area (Å²) in [5.74, 6) is 2.06. The molecular formula is C26H33ClN2O2. The van der Waals surface area contributed by atoms with Gasteiger partial charge in [0.25, 0.3) is 5.56 Å². The number of hydrogen-bond donors (Lipinski definition) is 2. The minimum absolute atomic E-state index is 0.130. The lowest BCUT2D eigenvalue weighted by atomic mass is 9.83. The van der Waals surface area contributed by atoms with Gasteiger partial charge in [-0.1, -0.05) is 55.8 Å². The van der Waals surface area contributed by atoms with Gasteiger partial charge in [0, 0.05) is 11.6 Å². The van der Waals surface area contributed by atoms with E-state index in [2.05, 4.69) is 49.2 Å². The lowest BCUT2D eigenvalue weighted by Gasteiger charge is -2.29. The van der Waals surface area contributed by atoms with E-state index in [1.807, 2.05) is 12.1 Å². The Balaban J connectivity index is 0.000000401. The fraction of sp³-hybridized carbons (Fsp3) is 0.423. The molecule has 1 fully saturated rings. The van der Waals surface area contributed by atoms with Gasteiger partial charge >= 0.3 is 0 Å². The summed E-state index contributed by atoms with van der Waals surface area (Å²) in [5, 5.41) is 1.93. The summed E-state index contributed by atoms with van der Waals surface area (Å²) in [5.41, 5.74) is 6.52. The van der Waals surface area contributed by atoms with E-state index in [4.69, 9.17) is 22.1 Å². The second-order valence-corrected chi connectivity index (χ2v) is 9.06. The van der Waals surface area contributed by atoms with Crippen LogP contribution in [0.3, 0.4) is 0 Å². The number of H-pyrrole nitrogens is 1. The van der Waals surface area contributed by atoms with E-state index in [0.717, 1.165) is 50.0 Å². The molecule has 0 radical (unpaired) electrons. The van der Waals surface area contributed by atoms with E-state index >= 15 is 0 Å². The van der Waals surface area contributed by atoms with Gasteiger partial charge < -0.3 is 15.5 Å². The predicted molar refractivity (Wildman–Crippen MR) is 130 cm³/mol. The Labute approximate surface area is 189 Å². The molecule has 31 heavy (non-hydrogen) atoms. The van der Waals surface area contributed by atoms with Gasteiger partial charge in [-0.3, -0.25) is 4.79 Å². The van der Waals surface area contributed by atoms with Crippen LogP contribution in [0.2, 0.25) is 5.02 Å². The summed E-state index contributed by atoms with van der Waals surface area (Å²) >= 11 is 6.34. The Hall–Kier alpha value is -2.30. The molecule has 3 N–H and O–H groups in total. The molecule has 2 aromatic carbocycles. The highest BCUT2D eigenvalue weighted by atomic mass is 35.5. The number of benzene rings is 2. The summed E-state index contributed by atoms with van der Waals surface area (Å²) in [6, 6.07) is 16.1. The van der Waals surface area contributed by atoms with Crippen molar-refractivity contribution in [1.82, 2.24) is 4.98 Å². The van der Waals surface area contributed by atoms with Crippen molar-refractivity contribution in [2.24, 2.45) is 11.7 Å². The summed E-state index contributed by atoms with van der Waals surface area (Å²) in [6.07, 6.45) is 7.26. The quantitative estimate of drug-likeness (QED) is 0.490. The van der Waals surface area contributed by atoms with Crippen molar-refractivity contribution in [3.8, 4) is 5.75 Å². The van der Waals surface area contributed by atoms with Gasteiger partial charge in [0.05, 0.1) is 11.1 Å². The highest BCUT2D eigenvalue weighted by molar-refractivity contribution is 6.32. The number of aromatic amines is 1. The fourth-order valence-corrected chi connectivity index (χ4v) is 4.24. The Bertz CT molecular complexity index is 1010. The normalized spacial score (nSPS) is 18.5. The SMILES string of the molecule is CC(C)CCN.O=c1[nH]ccc2cc(OC3CCC(c4ccccc4)CC3)c(Cl)cc12. The first kappa shape index (κ1) is 23.4. The zero-order chi connectivity index (χ0) is 22.2. The molecule has 1 saturated carbocycles. The Kier molecular flexibility index (Phi) is 8.56. The molecule has 3 aromatic rings. The highest BCUT2D eigenvalue weighted by Gasteiger charge is 2.24. The molecule has 1 aromatic heterocycles. The lowest BCUT2D eigenvalue weighted by Crippen LogP contribution is -2.23. The van der Waals surface area contributed by atoms with E-state index in [-0.39, 0.29) is 11.7 Å². The van der Waals surface area contributed by atoms with E-state index < -0.39 is 0 Å². The monoisotopic (exact) mass is 440 g/mol. The molecule has 0 amide bonds. The topological polar surface area (TPSA) is 68.1 Å². The van der Waals surface area contributed by atoms with Gasteiger partial charge in [0.15, 0.2) is 0 Å². The fourth-order valence-electron chi connectivity index (χ4n) is 4.03. The highest BCUT2D eigenvalue weighted by Crippen LogP contribution is 2.36. The predicted octanol–water partition coefficient (Wildman–Crippen LogP) is 6.28. The summed E-state index contributed by atoms with van der Waals surface area (Å²) in [7, 11) is 0. The largest absolute Gasteiger partial charge is 0.489 e. The summed E-state index contributed by atoms with van der Waals surface area (Å²) in [6.45, 7) is 5.18. The number of aromatic nitrogens is 1. The third kappa shape index (κ3) is 6.59. The maximum Gasteiger partial charge on any atom is 0.255 e. The zero-order valence-corrected chi connectivity index (χ0v) is 19.2. The first-order valence-electron chi connectivity index (χ1n) is 11.2. The van der Waals surface area contributed by atoms with Crippen molar-refractivity contribution in [3.63, 3.8) is 0 Å². The van der Waals surface area contributed by atoms with Gasteiger partial charge in [-0.15, -0.1) is 0 Å². The van der Waals surface area contributed by atoms with E-state index in [0.29, 0.717) is 22.1 Å². The molecule has 0 saturated heterocycles. The van der Waals surface area contributed by atoms with Crippen LogP contribution in [0.25, 0.3) is 10.8 Å². The van der Waals surface area contributed by atoms with Crippen molar-refractivity contribution in [1.29, 1.82) is 0 Å². The summed E-state index contributed by atoms with van der Waals surface area (Å²) < 4.78 is 6.17. The molecule has 1 aliphatic carbocycles. The first-order valence-corrected chi connectivity index (χ1v) is 11.6. The van der Waals surface area contributed by atoms with Gasteiger partial charge in [-0.2, -0.15) is 0 Å². The summed E-state index contributed by atoms with van der Waals surface area (Å²) in [4.78, 5) is 14.5. The lowest BCUT2D eigenvalue weighted by molar-refractivity contribution is 0.147. The van der Waals surface area contributed by atoms with Crippen molar-refractivity contribution < 1.29 is 4.74 Å². The molecule has 0 aliphatic heterocycles. The molecule has 0 spiro atoms. The van der Waals surface area contributed by atoms with E-state index in [1.54, 1.807) is 12.3 Å². The third-order valence-corrected chi connectivity index (χ3v) is 6.10. The molecule has 0 atom stereocenters.